The van der Waals surface area contributed by atoms with E-state index in [0.29, 0.717) is 21.7 Å². The van der Waals surface area contributed by atoms with E-state index < -0.39 is 12.6 Å². The summed E-state index contributed by atoms with van der Waals surface area (Å²) in [5, 5.41) is 0.308. The van der Waals surface area contributed by atoms with Crippen LogP contribution in [0.2, 0.25) is 5.02 Å². The zero-order valence-electron chi connectivity index (χ0n) is 14.2. The van der Waals surface area contributed by atoms with Crippen LogP contribution in [-0.2, 0) is 4.74 Å². The zero-order valence-corrected chi connectivity index (χ0v) is 15.0. The third-order valence-electron chi connectivity index (χ3n) is 3.93. The second kappa shape index (κ2) is 8.43. The Balaban J connectivity index is 1.63. The Morgan fingerprint density at radius 1 is 0.704 bits per heavy atom. The van der Waals surface area contributed by atoms with Gasteiger partial charge in [0.1, 0.15) is 0 Å². The lowest BCUT2D eigenvalue weighted by molar-refractivity contribution is 0.0474. The van der Waals surface area contributed by atoms with Gasteiger partial charge in [0.05, 0.1) is 10.6 Å². The molecule has 0 fully saturated rings. The summed E-state index contributed by atoms with van der Waals surface area (Å²) in [6, 6.07) is 21.5. The fraction of sp³-hybridized carbons (Fsp3) is 0.0455. The monoisotopic (exact) mass is 378 g/mol. The molecule has 0 aliphatic heterocycles. The summed E-state index contributed by atoms with van der Waals surface area (Å²) >= 11 is 5.96. The van der Waals surface area contributed by atoms with Gasteiger partial charge in [0, 0.05) is 16.7 Å². The fourth-order valence-corrected chi connectivity index (χ4v) is 2.73. The number of Topliss-reactive ketones (excluding diaryl/α,β-unsaturated/α-hetero) is 1. The van der Waals surface area contributed by atoms with Gasteiger partial charge in [-0.2, -0.15) is 0 Å². The quantitative estimate of drug-likeness (QED) is 0.464. The molecule has 0 radical (unpaired) electrons. The Hall–Kier alpha value is -3.24. The van der Waals surface area contributed by atoms with Gasteiger partial charge in [-0.1, -0.05) is 66.2 Å². The van der Waals surface area contributed by atoms with Crippen LogP contribution in [0, 0.1) is 0 Å². The highest BCUT2D eigenvalue weighted by molar-refractivity contribution is 6.34. The van der Waals surface area contributed by atoms with Crippen molar-refractivity contribution in [3.05, 3.63) is 106 Å². The highest BCUT2D eigenvalue weighted by atomic mass is 35.5. The van der Waals surface area contributed by atoms with Crippen molar-refractivity contribution in [2.24, 2.45) is 0 Å². The van der Waals surface area contributed by atoms with Crippen molar-refractivity contribution >= 4 is 29.1 Å². The normalized spacial score (nSPS) is 10.3. The van der Waals surface area contributed by atoms with Gasteiger partial charge >= 0.3 is 5.97 Å². The third kappa shape index (κ3) is 4.49. The molecule has 0 heterocycles. The van der Waals surface area contributed by atoms with Gasteiger partial charge in [0.25, 0.3) is 0 Å². The Morgan fingerprint density at radius 3 is 1.93 bits per heavy atom. The van der Waals surface area contributed by atoms with E-state index in [2.05, 4.69) is 0 Å². The lowest BCUT2D eigenvalue weighted by atomic mass is 10.0. The Kier molecular flexibility index (Phi) is 5.79. The van der Waals surface area contributed by atoms with Crippen LogP contribution in [0.3, 0.4) is 0 Å². The minimum absolute atomic E-state index is 0.135. The van der Waals surface area contributed by atoms with Crippen molar-refractivity contribution < 1.29 is 19.1 Å². The lowest BCUT2D eigenvalue weighted by Gasteiger charge is -2.06. The molecule has 0 aliphatic carbocycles. The summed E-state index contributed by atoms with van der Waals surface area (Å²) < 4.78 is 5.05. The standard InChI is InChI=1S/C22H15ClO4/c23-19-9-5-4-8-18(19)20(24)14-27-22(26)17-12-10-16(11-13-17)21(25)15-6-2-1-3-7-15/h1-13H,14H2. The first-order valence-electron chi connectivity index (χ1n) is 8.21. The highest BCUT2D eigenvalue weighted by Gasteiger charge is 2.15. The zero-order chi connectivity index (χ0) is 19.2. The van der Waals surface area contributed by atoms with Crippen LogP contribution in [0.5, 0.6) is 0 Å². The summed E-state index contributed by atoms with van der Waals surface area (Å²) in [7, 11) is 0. The predicted octanol–water partition coefficient (Wildman–Crippen LogP) is 4.61. The smallest absolute Gasteiger partial charge is 0.338 e. The van der Waals surface area contributed by atoms with Crippen LogP contribution < -0.4 is 0 Å². The van der Waals surface area contributed by atoms with Crippen molar-refractivity contribution in [2.75, 3.05) is 6.61 Å². The van der Waals surface area contributed by atoms with Crippen LogP contribution in [0.15, 0.2) is 78.9 Å². The molecule has 134 valence electrons. The van der Waals surface area contributed by atoms with Gasteiger partial charge in [0.15, 0.2) is 12.4 Å². The summed E-state index contributed by atoms with van der Waals surface area (Å²) in [5.41, 5.74) is 1.59. The molecule has 3 aromatic carbocycles. The molecular formula is C22H15ClO4. The number of ether oxygens (including phenoxy) is 1. The largest absolute Gasteiger partial charge is 0.454 e. The van der Waals surface area contributed by atoms with E-state index in [1.54, 1.807) is 60.7 Å². The van der Waals surface area contributed by atoms with Crippen LogP contribution in [0.4, 0.5) is 0 Å². The molecule has 0 amide bonds. The number of rotatable bonds is 6. The topological polar surface area (TPSA) is 60.4 Å². The maximum Gasteiger partial charge on any atom is 0.338 e. The molecule has 0 atom stereocenters. The van der Waals surface area contributed by atoms with Crippen LogP contribution in [0.1, 0.15) is 36.6 Å². The summed E-state index contributed by atoms with van der Waals surface area (Å²) in [4.78, 5) is 36.6. The SMILES string of the molecule is O=C(OCC(=O)c1ccccc1Cl)c1ccc(C(=O)c2ccccc2)cc1. The van der Waals surface area contributed by atoms with E-state index in [4.69, 9.17) is 16.3 Å². The molecular weight excluding hydrogens is 364 g/mol. The highest BCUT2D eigenvalue weighted by Crippen LogP contribution is 2.16. The van der Waals surface area contributed by atoms with Crippen LogP contribution in [0.25, 0.3) is 0 Å². The maximum absolute atomic E-state index is 12.4. The first-order chi connectivity index (χ1) is 13.1. The molecule has 4 nitrogen and oxygen atoms in total. The average Bonchev–Trinajstić information content (AvgIpc) is 2.72. The summed E-state index contributed by atoms with van der Waals surface area (Å²) in [6.45, 7) is -0.409. The molecule has 0 N–H and O–H groups in total. The third-order valence-corrected chi connectivity index (χ3v) is 4.26. The Labute approximate surface area is 161 Å². The molecule has 3 aromatic rings. The van der Waals surface area contributed by atoms with E-state index in [9.17, 15) is 14.4 Å². The Bertz CT molecular complexity index is 979. The maximum atomic E-state index is 12.4. The van der Waals surface area contributed by atoms with Crippen molar-refractivity contribution in [1.82, 2.24) is 0 Å². The van der Waals surface area contributed by atoms with Crippen molar-refractivity contribution in [3.63, 3.8) is 0 Å². The first-order valence-corrected chi connectivity index (χ1v) is 8.59. The number of esters is 1. The average molecular weight is 379 g/mol. The van der Waals surface area contributed by atoms with Gasteiger partial charge < -0.3 is 4.74 Å². The fourth-order valence-electron chi connectivity index (χ4n) is 2.49. The minimum Gasteiger partial charge on any atom is -0.454 e. The molecule has 0 saturated carbocycles. The number of ketones is 2. The van der Waals surface area contributed by atoms with Gasteiger partial charge in [0.2, 0.25) is 5.78 Å². The molecule has 0 aromatic heterocycles. The predicted molar refractivity (Wildman–Crippen MR) is 102 cm³/mol. The number of carbonyl (C=O) groups excluding carboxylic acids is 3. The van der Waals surface area contributed by atoms with E-state index in [0.717, 1.165) is 0 Å². The molecule has 0 bridgehead atoms. The molecule has 0 unspecified atom stereocenters. The number of benzene rings is 3. The van der Waals surface area contributed by atoms with Crippen molar-refractivity contribution in [2.45, 2.75) is 0 Å². The minimum atomic E-state index is -0.644. The van der Waals surface area contributed by atoms with E-state index >= 15 is 0 Å². The van der Waals surface area contributed by atoms with E-state index in [1.165, 1.54) is 12.1 Å². The molecule has 27 heavy (non-hydrogen) atoms. The molecule has 0 spiro atoms. The van der Waals surface area contributed by atoms with Gasteiger partial charge in [-0.3, -0.25) is 9.59 Å². The molecule has 3 rings (SSSR count). The van der Waals surface area contributed by atoms with E-state index in [1.807, 2.05) is 6.07 Å². The summed E-state index contributed by atoms with van der Waals surface area (Å²) in [5.74, 6) is -1.16. The van der Waals surface area contributed by atoms with Crippen LogP contribution in [-0.4, -0.2) is 24.1 Å². The second-order valence-electron chi connectivity index (χ2n) is 5.75. The molecule has 5 heteroatoms. The number of hydrogen-bond acceptors (Lipinski definition) is 4. The summed E-state index contributed by atoms with van der Waals surface area (Å²) in [6.07, 6.45) is 0. The number of carbonyl (C=O) groups is 3. The van der Waals surface area contributed by atoms with Crippen LogP contribution >= 0.6 is 11.6 Å². The number of halogens is 1. The van der Waals surface area contributed by atoms with E-state index in [-0.39, 0.29) is 17.1 Å². The van der Waals surface area contributed by atoms with Crippen molar-refractivity contribution in [3.8, 4) is 0 Å². The molecule has 0 saturated heterocycles. The first kappa shape index (κ1) is 18.5. The lowest BCUT2D eigenvalue weighted by Crippen LogP contribution is -2.14. The van der Waals surface area contributed by atoms with Crippen molar-refractivity contribution in [1.29, 1.82) is 0 Å². The Morgan fingerprint density at radius 2 is 1.26 bits per heavy atom. The molecule has 0 aliphatic rings. The second-order valence-corrected chi connectivity index (χ2v) is 6.16. The van der Waals surface area contributed by atoms with Gasteiger partial charge in [-0.05, 0) is 24.3 Å². The van der Waals surface area contributed by atoms with Gasteiger partial charge in [-0.15, -0.1) is 0 Å². The number of hydrogen-bond donors (Lipinski definition) is 0. The van der Waals surface area contributed by atoms with Gasteiger partial charge in [-0.25, -0.2) is 4.79 Å².